The van der Waals surface area contributed by atoms with Crippen LogP contribution < -0.4 is 10.7 Å². The van der Waals surface area contributed by atoms with Crippen molar-refractivity contribution in [2.45, 2.75) is 18.7 Å². The van der Waals surface area contributed by atoms with Gasteiger partial charge in [0.25, 0.3) is 0 Å². The van der Waals surface area contributed by atoms with Gasteiger partial charge in [-0.3, -0.25) is 9.59 Å². The number of benzene rings is 2. The van der Waals surface area contributed by atoms with Crippen molar-refractivity contribution < 1.29 is 9.59 Å². The summed E-state index contributed by atoms with van der Waals surface area (Å²) in [5, 5.41) is 6.39. The van der Waals surface area contributed by atoms with Gasteiger partial charge in [-0.2, -0.15) is 5.10 Å². The zero-order valence-corrected chi connectivity index (χ0v) is 14.6. The number of carbonyl (C=O) groups is 2. The molecule has 6 heteroatoms. The van der Waals surface area contributed by atoms with Crippen molar-refractivity contribution in [3.63, 3.8) is 0 Å². The van der Waals surface area contributed by atoms with E-state index in [1.54, 1.807) is 17.8 Å². The third-order valence-electron chi connectivity index (χ3n) is 3.55. The molecule has 0 aromatic heterocycles. The van der Waals surface area contributed by atoms with Gasteiger partial charge in [-0.25, -0.2) is 5.43 Å². The maximum absolute atomic E-state index is 11.9. The minimum absolute atomic E-state index is 0.617. The molecule has 2 rings (SSSR count). The molecule has 0 heterocycles. The van der Waals surface area contributed by atoms with Crippen LogP contribution in [-0.4, -0.2) is 24.3 Å². The van der Waals surface area contributed by atoms with Gasteiger partial charge in [0.15, 0.2) is 0 Å². The molecule has 0 aliphatic rings. The maximum Gasteiger partial charge on any atom is 0.329 e. The van der Waals surface area contributed by atoms with E-state index in [0.717, 1.165) is 21.6 Å². The summed E-state index contributed by atoms with van der Waals surface area (Å²) in [5.74, 6) is -1.56. The van der Waals surface area contributed by atoms with E-state index in [1.165, 1.54) is 6.21 Å². The van der Waals surface area contributed by atoms with Crippen molar-refractivity contribution >= 4 is 35.5 Å². The van der Waals surface area contributed by atoms with Gasteiger partial charge < -0.3 is 5.32 Å². The molecule has 24 heavy (non-hydrogen) atoms. The highest BCUT2D eigenvalue weighted by Crippen LogP contribution is 2.17. The van der Waals surface area contributed by atoms with Crippen LogP contribution in [-0.2, 0) is 9.59 Å². The molecule has 0 atom stereocenters. The Balaban J connectivity index is 1.92. The van der Waals surface area contributed by atoms with Crippen molar-refractivity contribution in [2.75, 3.05) is 11.6 Å². The summed E-state index contributed by atoms with van der Waals surface area (Å²) in [4.78, 5) is 24.8. The van der Waals surface area contributed by atoms with Gasteiger partial charge in [0.1, 0.15) is 0 Å². The Labute approximate surface area is 145 Å². The van der Waals surface area contributed by atoms with Crippen LogP contribution in [0.25, 0.3) is 0 Å². The van der Waals surface area contributed by atoms with Crippen LogP contribution in [0.1, 0.15) is 16.7 Å². The fourth-order valence-electron chi connectivity index (χ4n) is 1.97. The summed E-state index contributed by atoms with van der Waals surface area (Å²) in [7, 11) is 0. The van der Waals surface area contributed by atoms with E-state index in [4.69, 9.17) is 0 Å². The molecule has 2 aromatic carbocycles. The van der Waals surface area contributed by atoms with Gasteiger partial charge in [0.05, 0.1) is 6.21 Å². The van der Waals surface area contributed by atoms with Crippen LogP contribution in [0.4, 0.5) is 5.69 Å². The van der Waals surface area contributed by atoms with E-state index in [-0.39, 0.29) is 0 Å². The molecule has 5 nitrogen and oxygen atoms in total. The summed E-state index contributed by atoms with van der Waals surface area (Å²) >= 11 is 1.65. The number of rotatable bonds is 4. The number of hydrogen-bond acceptors (Lipinski definition) is 4. The van der Waals surface area contributed by atoms with E-state index in [0.29, 0.717) is 5.69 Å². The Bertz CT molecular complexity index is 770. The molecule has 0 unspecified atom stereocenters. The van der Waals surface area contributed by atoms with E-state index in [1.807, 2.05) is 56.5 Å². The smallest absolute Gasteiger partial charge is 0.317 e. The molecule has 2 N–H and O–H groups in total. The van der Waals surface area contributed by atoms with Crippen LogP contribution in [0.2, 0.25) is 0 Å². The zero-order chi connectivity index (χ0) is 17.5. The summed E-state index contributed by atoms with van der Waals surface area (Å²) in [6, 6.07) is 13.2. The highest BCUT2D eigenvalue weighted by Gasteiger charge is 2.14. The van der Waals surface area contributed by atoms with Gasteiger partial charge in [-0.1, -0.05) is 24.3 Å². The lowest BCUT2D eigenvalue weighted by atomic mass is 10.1. The molecule has 0 saturated heterocycles. The van der Waals surface area contributed by atoms with Crippen molar-refractivity contribution in [3.05, 3.63) is 59.2 Å². The molecule has 0 aliphatic carbocycles. The van der Waals surface area contributed by atoms with Gasteiger partial charge in [0, 0.05) is 10.6 Å². The molecule has 2 amide bonds. The lowest BCUT2D eigenvalue weighted by molar-refractivity contribution is -0.136. The first-order valence-corrected chi connectivity index (χ1v) is 8.58. The lowest BCUT2D eigenvalue weighted by Crippen LogP contribution is -2.32. The highest BCUT2D eigenvalue weighted by atomic mass is 32.2. The summed E-state index contributed by atoms with van der Waals surface area (Å²) < 4.78 is 0. The van der Waals surface area contributed by atoms with Crippen molar-refractivity contribution in [3.8, 4) is 0 Å². The molecule has 0 spiro atoms. The standard InChI is InChI=1S/C18H19N3O2S/c1-12-5-4-6-16(13(12)2)20-17(22)18(23)21-19-11-14-7-9-15(24-3)10-8-14/h4-11H,1-3H3,(H,20,22)(H,21,23). The number of carbonyl (C=O) groups excluding carboxylic acids is 2. The first kappa shape index (κ1) is 17.7. The molecule has 0 fully saturated rings. The molecule has 0 bridgehead atoms. The average Bonchev–Trinajstić information content (AvgIpc) is 2.59. The van der Waals surface area contributed by atoms with Gasteiger partial charge in [0.2, 0.25) is 0 Å². The van der Waals surface area contributed by atoms with Crippen molar-refractivity contribution in [2.24, 2.45) is 5.10 Å². The molecule has 0 radical (unpaired) electrons. The van der Waals surface area contributed by atoms with E-state index in [9.17, 15) is 9.59 Å². The Morgan fingerprint density at radius 1 is 1.04 bits per heavy atom. The number of nitrogens with one attached hydrogen (secondary N) is 2. The predicted molar refractivity (Wildman–Crippen MR) is 98.5 cm³/mol. The predicted octanol–water partition coefficient (Wildman–Crippen LogP) is 3.11. The van der Waals surface area contributed by atoms with E-state index >= 15 is 0 Å². The molecular weight excluding hydrogens is 322 g/mol. The third kappa shape index (κ3) is 4.70. The van der Waals surface area contributed by atoms with Crippen LogP contribution in [0.3, 0.4) is 0 Å². The number of thioether (sulfide) groups is 1. The summed E-state index contributed by atoms with van der Waals surface area (Å²) in [6.07, 6.45) is 3.49. The number of hydrazone groups is 1. The largest absolute Gasteiger partial charge is 0.329 e. The molecule has 0 aliphatic heterocycles. The molecule has 0 saturated carbocycles. The summed E-state index contributed by atoms with van der Waals surface area (Å²) in [5.41, 5.74) is 5.65. The SMILES string of the molecule is CSc1ccc(C=NNC(=O)C(=O)Nc2cccc(C)c2C)cc1. The van der Waals surface area contributed by atoms with Crippen LogP contribution in [0, 0.1) is 13.8 Å². The first-order valence-electron chi connectivity index (χ1n) is 7.36. The second-order valence-corrected chi connectivity index (χ2v) is 6.05. The van der Waals surface area contributed by atoms with E-state index in [2.05, 4.69) is 15.8 Å². The van der Waals surface area contributed by atoms with Crippen LogP contribution >= 0.6 is 11.8 Å². The minimum Gasteiger partial charge on any atom is -0.317 e. The first-order chi connectivity index (χ1) is 11.5. The van der Waals surface area contributed by atoms with Gasteiger partial charge in [-0.15, -0.1) is 11.8 Å². The minimum atomic E-state index is -0.812. The molecule has 124 valence electrons. The quantitative estimate of drug-likeness (QED) is 0.388. The number of hydrogen-bond donors (Lipinski definition) is 2. The molecular formula is C18H19N3O2S. The number of nitrogens with zero attached hydrogens (tertiary/aromatic N) is 1. The Kier molecular flexibility index (Phi) is 6.14. The van der Waals surface area contributed by atoms with Crippen LogP contribution in [0.5, 0.6) is 0 Å². The highest BCUT2D eigenvalue weighted by molar-refractivity contribution is 7.98. The lowest BCUT2D eigenvalue weighted by Gasteiger charge is -2.09. The normalized spacial score (nSPS) is 10.6. The molecule has 2 aromatic rings. The van der Waals surface area contributed by atoms with Crippen LogP contribution in [0.15, 0.2) is 52.5 Å². The second-order valence-electron chi connectivity index (χ2n) is 5.17. The monoisotopic (exact) mass is 341 g/mol. The fourth-order valence-corrected chi connectivity index (χ4v) is 2.38. The number of amides is 2. The average molecular weight is 341 g/mol. The summed E-state index contributed by atoms with van der Waals surface area (Å²) in [6.45, 7) is 3.83. The number of anilines is 1. The number of aryl methyl sites for hydroxylation is 1. The van der Waals surface area contributed by atoms with Gasteiger partial charge in [-0.05, 0) is 55.0 Å². The Morgan fingerprint density at radius 2 is 1.75 bits per heavy atom. The topological polar surface area (TPSA) is 70.6 Å². The Hall–Kier alpha value is -2.60. The van der Waals surface area contributed by atoms with E-state index < -0.39 is 11.8 Å². The van der Waals surface area contributed by atoms with Crippen molar-refractivity contribution in [1.29, 1.82) is 0 Å². The zero-order valence-electron chi connectivity index (χ0n) is 13.8. The maximum atomic E-state index is 11.9. The van der Waals surface area contributed by atoms with Crippen molar-refractivity contribution in [1.82, 2.24) is 5.43 Å². The fraction of sp³-hybridized carbons (Fsp3) is 0.167. The second kappa shape index (κ2) is 8.31. The Morgan fingerprint density at radius 3 is 2.42 bits per heavy atom. The van der Waals surface area contributed by atoms with Gasteiger partial charge >= 0.3 is 11.8 Å². The third-order valence-corrected chi connectivity index (χ3v) is 4.30.